The molecule has 1 atom stereocenters. The normalized spacial score (nSPS) is 12.7. The van der Waals surface area contributed by atoms with Crippen LogP contribution in [0, 0.1) is 10.5 Å². The van der Waals surface area contributed by atoms with Crippen LogP contribution >= 0.6 is 22.6 Å². The number of hydrogen-bond acceptors (Lipinski definition) is 3. The third-order valence-electron chi connectivity index (χ3n) is 3.11. The van der Waals surface area contributed by atoms with Crippen LogP contribution in [-0.4, -0.2) is 9.55 Å². The Kier molecular flexibility index (Phi) is 4.36. The van der Waals surface area contributed by atoms with E-state index in [-0.39, 0.29) is 6.04 Å². The first kappa shape index (κ1) is 13.5. The van der Waals surface area contributed by atoms with Crippen molar-refractivity contribution >= 4 is 22.6 Å². The number of aryl methyl sites for hydroxylation is 2. The van der Waals surface area contributed by atoms with Gasteiger partial charge in [0.15, 0.2) is 0 Å². The van der Waals surface area contributed by atoms with Gasteiger partial charge in [-0.3, -0.25) is 11.3 Å². The molecule has 1 aromatic carbocycles. The van der Waals surface area contributed by atoms with Gasteiger partial charge in [-0.25, -0.2) is 4.98 Å². The molecule has 0 aliphatic carbocycles. The van der Waals surface area contributed by atoms with Gasteiger partial charge in [0, 0.05) is 29.4 Å². The second-order valence-electron chi connectivity index (χ2n) is 4.36. The molecule has 1 aromatic heterocycles. The summed E-state index contributed by atoms with van der Waals surface area (Å²) in [5.74, 6) is 6.72. The van der Waals surface area contributed by atoms with Crippen molar-refractivity contribution in [2.75, 3.05) is 0 Å². The summed E-state index contributed by atoms with van der Waals surface area (Å²) in [5, 5.41) is 0. The highest BCUT2D eigenvalue weighted by atomic mass is 127. The van der Waals surface area contributed by atoms with Crippen LogP contribution < -0.4 is 11.3 Å². The zero-order chi connectivity index (χ0) is 13.1. The number of aromatic nitrogens is 2. The van der Waals surface area contributed by atoms with E-state index in [2.05, 4.69) is 58.1 Å². The van der Waals surface area contributed by atoms with Gasteiger partial charge in [-0.1, -0.05) is 18.2 Å². The average Bonchev–Trinajstić information content (AvgIpc) is 2.76. The molecule has 5 heteroatoms. The lowest BCUT2D eigenvalue weighted by Crippen LogP contribution is -2.31. The fraction of sp³-hybridized carbons (Fsp3) is 0.308. The number of hydrogen-bond donors (Lipinski definition) is 2. The van der Waals surface area contributed by atoms with Crippen molar-refractivity contribution < 1.29 is 0 Å². The minimum Gasteiger partial charge on any atom is -0.338 e. The van der Waals surface area contributed by atoms with E-state index in [9.17, 15) is 0 Å². The molecule has 4 nitrogen and oxygen atoms in total. The van der Waals surface area contributed by atoms with Crippen molar-refractivity contribution in [2.45, 2.75) is 19.4 Å². The second kappa shape index (κ2) is 5.81. The quantitative estimate of drug-likeness (QED) is 0.501. The van der Waals surface area contributed by atoms with Crippen molar-refractivity contribution in [3.05, 3.63) is 51.1 Å². The molecule has 0 aliphatic rings. The summed E-state index contributed by atoms with van der Waals surface area (Å²) in [6, 6.07) is 6.37. The topological polar surface area (TPSA) is 55.9 Å². The molecular formula is C13H17IN4. The van der Waals surface area contributed by atoms with Crippen LogP contribution in [0.4, 0.5) is 0 Å². The van der Waals surface area contributed by atoms with Crippen LogP contribution in [0.25, 0.3) is 0 Å². The molecule has 0 spiro atoms. The smallest absolute Gasteiger partial charge is 0.110 e. The van der Waals surface area contributed by atoms with E-state index >= 15 is 0 Å². The maximum atomic E-state index is 5.70. The lowest BCUT2D eigenvalue weighted by molar-refractivity contribution is 0.528. The molecule has 1 heterocycles. The lowest BCUT2D eigenvalue weighted by atomic mass is 10.0. The zero-order valence-electron chi connectivity index (χ0n) is 10.5. The van der Waals surface area contributed by atoms with E-state index in [1.807, 2.05) is 24.0 Å². The van der Waals surface area contributed by atoms with Crippen LogP contribution in [0.3, 0.4) is 0 Å². The van der Waals surface area contributed by atoms with Gasteiger partial charge in [-0.05, 0) is 40.6 Å². The molecule has 3 N–H and O–H groups in total. The van der Waals surface area contributed by atoms with Crippen molar-refractivity contribution in [2.24, 2.45) is 12.9 Å². The Balaban J connectivity index is 2.29. The van der Waals surface area contributed by atoms with E-state index in [0.717, 1.165) is 12.2 Å². The lowest BCUT2D eigenvalue weighted by Gasteiger charge is -2.18. The largest absolute Gasteiger partial charge is 0.338 e. The highest BCUT2D eigenvalue weighted by Gasteiger charge is 2.16. The Labute approximate surface area is 121 Å². The van der Waals surface area contributed by atoms with Gasteiger partial charge in [0.05, 0.1) is 6.04 Å². The van der Waals surface area contributed by atoms with Crippen LogP contribution in [-0.2, 0) is 13.5 Å². The highest BCUT2D eigenvalue weighted by molar-refractivity contribution is 14.1. The Bertz CT molecular complexity index is 536. The van der Waals surface area contributed by atoms with Crippen molar-refractivity contribution in [3.63, 3.8) is 0 Å². The van der Waals surface area contributed by atoms with Gasteiger partial charge < -0.3 is 4.57 Å². The number of imidazole rings is 1. The summed E-state index contributed by atoms with van der Waals surface area (Å²) in [5.41, 5.74) is 5.39. The summed E-state index contributed by atoms with van der Waals surface area (Å²) in [7, 11) is 2.00. The molecule has 0 aliphatic heterocycles. The molecular weight excluding hydrogens is 339 g/mol. The first-order chi connectivity index (χ1) is 8.63. The molecule has 0 fully saturated rings. The van der Waals surface area contributed by atoms with E-state index < -0.39 is 0 Å². The van der Waals surface area contributed by atoms with Gasteiger partial charge in [-0.15, -0.1) is 0 Å². The van der Waals surface area contributed by atoms with Crippen LogP contribution in [0.2, 0.25) is 0 Å². The molecule has 2 rings (SSSR count). The SMILES string of the molecule is Cc1cccc(C(Cc2nccn2C)NN)c1I. The van der Waals surface area contributed by atoms with Crippen molar-refractivity contribution in [1.29, 1.82) is 0 Å². The third-order valence-corrected chi connectivity index (χ3v) is 4.58. The van der Waals surface area contributed by atoms with Gasteiger partial charge in [0.25, 0.3) is 0 Å². The fourth-order valence-electron chi connectivity index (χ4n) is 1.97. The summed E-state index contributed by atoms with van der Waals surface area (Å²) >= 11 is 2.37. The van der Waals surface area contributed by atoms with Crippen molar-refractivity contribution in [3.8, 4) is 0 Å². The monoisotopic (exact) mass is 356 g/mol. The number of nitrogens with two attached hydrogens (primary N) is 1. The highest BCUT2D eigenvalue weighted by Crippen LogP contribution is 2.24. The Hall–Kier alpha value is -0.920. The number of nitrogens with zero attached hydrogens (tertiary/aromatic N) is 2. The number of nitrogens with one attached hydrogen (secondary N) is 1. The van der Waals surface area contributed by atoms with Crippen LogP contribution in [0.1, 0.15) is 23.0 Å². The Morgan fingerprint density at radius 3 is 2.89 bits per heavy atom. The predicted molar refractivity (Wildman–Crippen MR) is 80.9 cm³/mol. The summed E-state index contributed by atoms with van der Waals surface area (Å²) in [6.07, 6.45) is 4.54. The van der Waals surface area contributed by atoms with Gasteiger partial charge in [-0.2, -0.15) is 0 Å². The maximum absolute atomic E-state index is 5.70. The first-order valence-electron chi connectivity index (χ1n) is 5.80. The van der Waals surface area contributed by atoms with Crippen molar-refractivity contribution in [1.82, 2.24) is 15.0 Å². The minimum absolute atomic E-state index is 0.0814. The second-order valence-corrected chi connectivity index (χ2v) is 5.43. The Morgan fingerprint density at radius 1 is 1.50 bits per heavy atom. The molecule has 0 amide bonds. The fourth-order valence-corrected chi connectivity index (χ4v) is 2.71. The van der Waals surface area contributed by atoms with Crippen LogP contribution in [0.15, 0.2) is 30.6 Å². The number of halogens is 1. The zero-order valence-corrected chi connectivity index (χ0v) is 12.7. The number of rotatable bonds is 4. The standard InChI is InChI=1S/C13H17IN4/c1-9-4-3-5-10(13(9)14)11(17-15)8-12-16-6-7-18(12)2/h3-7,11,17H,8,15H2,1-2H3. The maximum Gasteiger partial charge on any atom is 0.110 e. The van der Waals surface area contributed by atoms with Gasteiger partial charge >= 0.3 is 0 Å². The first-order valence-corrected chi connectivity index (χ1v) is 6.88. The Morgan fingerprint density at radius 2 is 2.28 bits per heavy atom. The molecule has 1 unspecified atom stereocenters. The summed E-state index contributed by atoms with van der Waals surface area (Å²) in [4.78, 5) is 4.35. The molecule has 0 bridgehead atoms. The minimum atomic E-state index is 0.0814. The molecule has 0 saturated heterocycles. The van der Waals surface area contributed by atoms with E-state index in [1.54, 1.807) is 0 Å². The summed E-state index contributed by atoms with van der Waals surface area (Å²) in [6.45, 7) is 2.11. The number of benzene rings is 1. The molecule has 0 saturated carbocycles. The van der Waals surface area contributed by atoms with Gasteiger partial charge in [0.2, 0.25) is 0 Å². The number of hydrazine groups is 1. The third kappa shape index (κ3) is 2.73. The molecule has 18 heavy (non-hydrogen) atoms. The molecule has 0 radical (unpaired) electrons. The van der Waals surface area contributed by atoms with E-state index in [0.29, 0.717) is 0 Å². The summed E-state index contributed by atoms with van der Waals surface area (Å²) < 4.78 is 3.28. The molecule has 96 valence electrons. The van der Waals surface area contributed by atoms with Crippen LogP contribution in [0.5, 0.6) is 0 Å². The average molecular weight is 356 g/mol. The molecule has 2 aromatic rings. The van der Waals surface area contributed by atoms with E-state index in [1.165, 1.54) is 14.7 Å². The predicted octanol–water partition coefficient (Wildman–Crippen LogP) is 2.08. The van der Waals surface area contributed by atoms with Gasteiger partial charge in [0.1, 0.15) is 5.82 Å². The van der Waals surface area contributed by atoms with E-state index in [4.69, 9.17) is 5.84 Å².